The van der Waals surface area contributed by atoms with Gasteiger partial charge in [-0.15, -0.1) is 6.58 Å². The van der Waals surface area contributed by atoms with E-state index in [0.717, 1.165) is 35.6 Å². The average Bonchev–Trinajstić information content (AvgIpc) is 3.43. The molecule has 0 bridgehead atoms. The molecule has 1 heteroatoms. The van der Waals surface area contributed by atoms with Crippen LogP contribution in [0.1, 0.15) is 139 Å². The fourth-order valence-corrected chi connectivity index (χ4v) is 3.25. The summed E-state index contributed by atoms with van der Waals surface area (Å²) in [6.45, 7) is 20.8. The van der Waals surface area contributed by atoms with Gasteiger partial charge in [0.25, 0.3) is 0 Å². The summed E-state index contributed by atoms with van der Waals surface area (Å²) in [5.41, 5.74) is 0. The maximum absolute atomic E-state index is 5.44. The third kappa shape index (κ3) is 32.6. The van der Waals surface area contributed by atoms with E-state index in [4.69, 9.17) is 11.6 Å². The highest BCUT2D eigenvalue weighted by Crippen LogP contribution is 2.31. The smallest absolute Gasteiger partial charge is 0.0110 e. The summed E-state index contributed by atoms with van der Waals surface area (Å²) in [6, 6.07) is 0. The van der Waals surface area contributed by atoms with E-state index in [1.165, 1.54) is 70.6 Å². The van der Waals surface area contributed by atoms with Gasteiger partial charge in [0.1, 0.15) is 0 Å². The summed E-state index contributed by atoms with van der Waals surface area (Å²) in [6.07, 6.45) is 21.9. The van der Waals surface area contributed by atoms with Crippen molar-refractivity contribution in [3.05, 3.63) is 23.8 Å². The van der Waals surface area contributed by atoms with E-state index >= 15 is 0 Å². The maximum atomic E-state index is 5.44. The highest BCUT2D eigenvalue weighted by atomic mass is 35.5. The molecule has 2 rings (SSSR count). The molecule has 0 atom stereocenters. The molecule has 2 fully saturated rings. The number of halogens is 1. The quantitative estimate of drug-likeness (QED) is 0.353. The molecule has 0 N–H and O–H groups in total. The zero-order chi connectivity index (χ0) is 22.9. The van der Waals surface area contributed by atoms with Crippen LogP contribution in [0.3, 0.4) is 0 Å². The topological polar surface area (TPSA) is 0 Å². The summed E-state index contributed by atoms with van der Waals surface area (Å²) in [5, 5.41) is 0.887. The van der Waals surface area contributed by atoms with Crippen molar-refractivity contribution in [3.8, 4) is 0 Å². The Labute approximate surface area is 192 Å². The molecular formula is C28H57Cl. The van der Waals surface area contributed by atoms with E-state index in [2.05, 4.69) is 55.0 Å². The van der Waals surface area contributed by atoms with Gasteiger partial charge < -0.3 is 0 Å². The molecule has 0 nitrogen and oxygen atoms in total. The average molecular weight is 429 g/mol. The Hall–Kier alpha value is -0.230. The molecule has 0 heterocycles. The minimum absolute atomic E-state index is 0.887. The van der Waals surface area contributed by atoms with Gasteiger partial charge in [0, 0.05) is 5.03 Å². The second-order valence-electron chi connectivity index (χ2n) is 8.40. The van der Waals surface area contributed by atoms with Crippen molar-refractivity contribution in [3.63, 3.8) is 0 Å². The Balaban J connectivity index is -0.000000296. The van der Waals surface area contributed by atoms with Crippen LogP contribution in [0.4, 0.5) is 0 Å². The van der Waals surface area contributed by atoms with Gasteiger partial charge in [0.15, 0.2) is 0 Å². The molecule has 2 aliphatic carbocycles. The second kappa shape index (κ2) is 27.8. The molecule has 0 radical (unpaired) electrons. The van der Waals surface area contributed by atoms with E-state index in [9.17, 15) is 0 Å². The molecule has 0 aliphatic heterocycles. The molecule has 2 saturated carbocycles. The van der Waals surface area contributed by atoms with E-state index in [0.29, 0.717) is 0 Å². The lowest BCUT2D eigenvalue weighted by molar-refractivity contribution is 0.477. The van der Waals surface area contributed by atoms with E-state index < -0.39 is 0 Å². The van der Waals surface area contributed by atoms with Crippen molar-refractivity contribution < 1.29 is 0 Å². The van der Waals surface area contributed by atoms with Crippen molar-refractivity contribution >= 4 is 11.6 Å². The third-order valence-corrected chi connectivity index (χ3v) is 5.99. The van der Waals surface area contributed by atoms with Crippen LogP contribution >= 0.6 is 11.6 Å². The Morgan fingerprint density at radius 3 is 1.24 bits per heavy atom. The van der Waals surface area contributed by atoms with E-state index in [-0.39, 0.29) is 0 Å². The van der Waals surface area contributed by atoms with Crippen LogP contribution in [0.2, 0.25) is 0 Å². The number of rotatable bonds is 7. The van der Waals surface area contributed by atoms with Gasteiger partial charge >= 0.3 is 0 Å². The van der Waals surface area contributed by atoms with Crippen LogP contribution in [0, 0.1) is 17.8 Å². The predicted octanol–water partition coefficient (Wildman–Crippen LogP) is 11.3. The van der Waals surface area contributed by atoms with Gasteiger partial charge in [0.05, 0.1) is 0 Å². The molecular weight excluding hydrogens is 372 g/mol. The van der Waals surface area contributed by atoms with Gasteiger partial charge in [-0.25, -0.2) is 0 Å². The monoisotopic (exact) mass is 428 g/mol. The minimum atomic E-state index is 0.887. The largest absolute Gasteiger partial charge is 0.103 e. The first-order valence-corrected chi connectivity index (χ1v) is 13.2. The lowest BCUT2D eigenvalue weighted by Crippen LogP contribution is -1.91. The van der Waals surface area contributed by atoms with Gasteiger partial charge in [-0.1, -0.05) is 143 Å². The number of hydrogen-bond acceptors (Lipinski definition) is 0. The first-order chi connectivity index (χ1) is 13.9. The Morgan fingerprint density at radius 2 is 1.17 bits per heavy atom. The molecule has 176 valence electrons. The Morgan fingerprint density at radius 1 is 0.793 bits per heavy atom. The first-order valence-electron chi connectivity index (χ1n) is 12.8. The van der Waals surface area contributed by atoms with Crippen LogP contribution in [-0.2, 0) is 0 Å². The zero-order valence-electron chi connectivity index (χ0n) is 21.7. The standard InChI is InChI=1S/C7H14.C7H16.C5H9Cl.C5H10.C4H8/c1-2-7-5-3-4-6-7;1-4-7(5-2)6-3;1-3-4-5(2)6;1-2-5-3-4-5;1-3-4-2/h7H,2-6H2,1H3;7H,4-6H2,1-3H3;4H,3H2,1-2H3;5H,2-4H2,1H3;3H,1,4H2,2H3/b;;5-4-;;. The highest BCUT2D eigenvalue weighted by Gasteiger charge is 2.17. The lowest BCUT2D eigenvalue weighted by atomic mass is 10.0. The first kappa shape index (κ1) is 33.4. The summed E-state index contributed by atoms with van der Waals surface area (Å²) in [5.74, 6) is 3.22. The highest BCUT2D eigenvalue weighted by molar-refractivity contribution is 6.29. The predicted molar refractivity (Wildman–Crippen MR) is 140 cm³/mol. The van der Waals surface area contributed by atoms with Crippen LogP contribution in [0.15, 0.2) is 23.8 Å². The normalized spacial score (nSPS) is 15.6. The van der Waals surface area contributed by atoms with Crippen molar-refractivity contribution in [1.82, 2.24) is 0 Å². The molecule has 0 unspecified atom stereocenters. The van der Waals surface area contributed by atoms with Crippen molar-refractivity contribution in [2.24, 2.45) is 17.8 Å². The van der Waals surface area contributed by atoms with Gasteiger partial charge in [-0.3, -0.25) is 0 Å². The number of hydrogen-bond donors (Lipinski definition) is 0. The zero-order valence-corrected chi connectivity index (χ0v) is 22.4. The third-order valence-electron chi connectivity index (χ3n) is 5.83. The van der Waals surface area contributed by atoms with Gasteiger partial charge in [-0.2, -0.15) is 0 Å². The van der Waals surface area contributed by atoms with Gasteiger partial charge in [0.2, 0.25) is 0 Å². The van der Waals surface area contributed by atoms with Gasteiger partial charge in [-0.05, 0) is 37.5 Å². The molecule has 0 saturated heterocycles. The van der Waals surface area contributed by atoms with Crippen molar-refractivity contribution in [1.29, 1.82) is 0 Å². The van der Waals surface area contributed by atoms with Crippen molar-refractivity contribution in [2.75, 3.05) is 0 Å². The van der Waals surface area contributed by atoms with Crippen LogP contribution < -0.4 is 0 Å². The number of allylic oxidation sites excluding steroid dienone is 3. The van der Waals surface area contributed by atoms with Crippen LogP contribution in [0.25, 0.3) is 0 Å². The fraction of sp³-hybridized carbons (Fsp3) is 0.857. The van der Waals surface area contributed by atoms with Crippen LogP contribution in [0.5, 0.6) is 0 Å². The summed E-state index contributed by atoms with van der Waals surface area (Å²) in [4.78, 5) is 0. The second-order valence-corrected chi connectivity index (χ2v) is 8.99. The molecule has 0 spiro atoms. The maximum Gasteiger partial charge on any atom is 0.0110 e. The minimum Gasteiger partial charge on any atom is -0.103 e. The molecule has 0 aromatic rings. The van der Waals surface area contributed by atoms with E-state index in [1.54, 1.807) is 0 Å². The lowest BCUT2D eigenvalue weighted by Gasteiger charge is -2.05. The van der Waals surface area contributed by atoms with Crippen molar-refractivity contribution in [2.45, 2.75) is 139 Å². The SMILES string of the molecule is C=CCC.CC/C=C(/C)Cl.CCC(CC)CC.CCC1CC1.CCC1CCCC1. The summed E-state index contributed by atoms with van der Waals surface area (Å²) in [7, 11) is 0. The molecule has 29 heavy (non-hydrogen) atoms. The summed E-state index contributed by atoms with van der Waals surface area (Å²) >= 11 is 5.44. The fourth-order valence-electron chi connectivity index (χ4n) is 3.09. The summed E-state index contributed by atoms with van der Waals surface area (Å²) < 4.78 is 0. The Kier molecular flexibility index (Phi) is 32.0. The van der Waals surface area contributed by atoms with Crippen LogP contribution in [-0.4, -0.2) is 0 Å². The molecule has 0 aromatic heterocycles. The Bertz CT molecular complexity index is 304. The molecule has 0 aromatic carbocycles. The van der Waals surface area contributed by atoms with E-state index in [1.807, 2.05) is 19.1 Å². The molecule has 2 aliphatic rings. The molecule has 0 amide bonds.